The molecule has 1 saturated carbocycles. The van der Waals surface area contributed by atoms with E-state index in [-0.39, 0.29) is 0 Å². The van der Waals surface area contributed by atoms with Crippen molar-refractivity contribution in [3.05, 3.63) is 23.3 Å². The van der Waals surface area contributed by atoms with Crippen LogP contribution < -0.4 is 15.0 Å². The van der Waals surface area contributed by atoms with Gasteiger partial charge in [0.1, 0.15) is 5.75 Å². The molecule has 100 valence electrons. The van der Waals surface area contributed by atoms with E-state index in [0.29, 0.717) is 0 Å². The molecule has 0 aromatic heterocycles. The predicted octanol–water partition coefficient (Wildman–Crippen LogP) is 2.50. The third-order valence-electron chi connectivity index (χ3n) is 3.66. The number of hydrogen-bond acceptors (Lipinski definition) is 3. The number of benzene rings is 1. The summed E-state index contributed by atoms with van der Waals surface area (Å²) in [5, 5.41) is 3.54. The van der Waals surface area contributed by atoms with E-state index < -0.39 is 0 Å². The molecule has 3 heteroatoms. The number of rotatable bonds is 6. The normalized spacial score (nSPS) is 14.7. The van der Waals surface area contributed by atoms with Gasteiger partial charge in [-0.2, -0.15) is 0 Å². The molecule has 0 amide bonds. The van der Waals surface area contributed by atoms with Crippen molar-refractivity contribution in [1.82, 2.24) is 5.32 Å². The summed E-state index contributed by atoms with van der Waals surface area (Å²) in [5.74, 6) is 0.965. The highest BCUT2D eigenvalue weighted by Crippen LogP contribution is 2.30. The molecule has 1 fully saturated rings. The first-order valence-corrected chi connectivity index (χ1v) is 6.71. The summed E-state index contributed by atoms with van der Waals surface area (Å²) in [5.41, 5.74) is 3.77. The minimum absolute atomic E-state index is 0.778. The Hall–Kier alpha value is -1.22. The van der Waals surface area contributed by atoms with Gasteiger partial charge >= 0.3 is 0 Å². The third kappa shape index (κ3) is 3.16. The van der Waals surface area contributed by atoms with Crippen LogP contribution >= 0.6 is 0 Å². The lowest BCUT2D eigenvalue weighted by atomic mass is 10.1. The first kappa shape index (κ1) is 13.2. The lowest BCUT2D eigenvalue weighted by Gasteiger charge is -2.23. The van der Waals surface area contributed by atoms with Gasteiger partial charge in [0.2, 0.25) is 0 Å². The molecule has 1 aromatic carbocycles. The Kier molecular flexibility index (Phi) is 4.12. The molecule has 0 unspecified atom stereocenters. The molecular formula is C15H24N2O. The highest BCUT2D eigenvalue weighted by Gasteiger charge is 2.20. The average molecular weight is 248 g/mol. The first-order valence-electron chi connectivity index (χ1n) is 6.71. The van der Waals surface area contributed by atoms with Crippen LogP contribution in [0.1, 0.15) is 24.0 Å². The fourth-order valence-electron chi connectivity index (χ4n) is 2.08. The molecule has 0 aliphatic heterocycles. The smallest absolute Gasteiger partial charge is 0.142 e. The third-order valence-corrected chi connectivity index (χ3v) is 3.66. The quantitative estimate of drug-likeness (QED) is 0.837. The minimum Gasteiger partial charge on any atom is -0.495 e. The lowest BCUT2D eigenvalue weighted by Crippen LogP contribution is -2.30. The molecule has 0 heterocycles. The second kappa shape index (κ2) is 5.61. The Balaban J connectivity index is 2.02. The fraction of sp³-hybridized carbons (Fsp3) is 0.600. The first-order chi connectivity index (χ1) is 8.61. The lowest BCUT2D eigenvalue weighted by molar-refractivity contribution is 0.414. The van der Waals surface area contributed by atoms with Gasteiger partial charge in [0.25, 0.3) is 0 Å². The Bertz CT molecular complexity index is 413. The minimum atomic E-state index is 0.778. The van der Waals surface area contributed by atoms with E-state index in [1.54, 1.807) is 7.11 Å². The maximum atomic E-state index is 5.48. The van der Waals surface area contributed by atoms with Gasteiger partial charge in [-0.25, -0.2) is 0 Å². The summed E-state index contributed by atoms with van der Waals surface area (Å²) in [6.07, 6.45) is 2.69. The standard InChI is InChI=1S/C15H24N2O/c1-11-9-14(15(18-4)10-12(11)2)17(3)8-7-16-13-5-6-13/h9-10,13,16H,5-8H2,1-4H3. The van der Waals surface area contributed by atoms with E-state index in [2.05, 4.69) is 43.2 Å². The molecule has 18 heavy (non-hydrogen) atoms. The van der Waals surface area contributed by atoms with Gasteiger partial charge in [-0.3, -0.25) is 0 Å². The largest absolute Gasteiger partial charge is 0.495 e. The zero-order chi connectivity index (χ0) is 13.1. The summed E-state index contributed by atoms with van der Waals surface area (Å²) >= 11 is 0. The van der Waals surface area contributed by atoms with Crippen molar-refractivity contribution in [2.45, 2.75) is 32.7 Å². The van der Waals surface area contributed by atoms with E-state index in [9.17, 15) is 0 Å². The molecule has 1 aromatic rings. The van der Waals surface area contributed by atoms with Gasteiger partial charge in [-0.1, -0.05) is 0 Å². The number of likely N-dealkylation sites (N-methyl/N-ethyl adjacent to an activating group) is 1. The van der Waals surface area contributed by atoms with E-state index in [1.807, 2.05) is 0 Å². The number of nitrogens with zero attached hydrogens (tertiary/aromatic N) is 1. The van der Waals surface area contributed by atoms with Crippen LogP contribution in [0.5, 0.6) is 5.75 Å². The number of nitrogens with one attached hydrogen (secondary N) is 1. The van der Waals surface area contributed by atoms with Gasteiger partial charge < -0.3 is 15.0 Å². The Labute approximate surface area is 110 Å². The van der Waals surface area contributed by atoms with Crippen molar-refractivity contribution in [2.24, 2.45) is 0 Å². The second-order valence-electron chi connectivity index (χ2n) is 5.26. The summed E-state index contributed by atoms with van der Waals surface area (Å²) in [7, 11) is 3.87. The summed E-state index contributed by atoms with van der Waals surface area (Å²) in [6.45, 7) is 6.32. The maximum Gasteiger partial charge on any atom is 0.142 e. The molecule has 0 radical (unpaired) electrons. The summed E-state index contributed by atoms with van der Waals surface area (Å²) < 4.78 is 5.48. The fourth-order valence-corrected chi connectivity index (χ4v) is 2.08. The molecular weight excluding hydrogens is 224 g/mol. The zero-order valence-electron chi connectivity index (χ0n) is 11.9. The molecule has 0 bridgehead atoms. The molecule has 0 spiro atoms. The van der Waals surface area contributed by atoms with Crippen LogP contribution in [0.4, 0.5) is 5.69 Å². The number of methoxy groups -OCH3 is 1. The molecule has 0 saturated heterocycles. The van der Waals surface area contributed by atoms with Crippen LogP contribution in [0.15, 0.2) is 12.1 Å². The van der Waals surface area contributed by atoms with Gasteiger partial charge in [0.05, 0.1) is 12.8 Å². The van der Waals surface area contributed by atoms with Crippen molar-refractivity contribution in [3.63, 3.8) is 0 Å². The monoisotopic (exact) mass is 248 g/mol. The Morgan fingerprint density at radius 2 is 1.94 bits per heavy atom. The van der Waals surface area contributed by atoms with Gasteiger partial charge in [-0.05, 0) is 49.9 Å². The van der Waals surface area contributed by atoms with E-state index in [0.717, 1.165) is 24.9 Å². The molecule has 2 rings (SSSR count). The Morgan fingerprint density at radius 1 is 1.28 bits per heavy atom. The van der Waals surface area contributed by atoms with Gasteiger partial charge in [-0.15, -0.1) is 0 Å². The SMILES string of the molecule is COc1cc(C)c(C)cc1N(C)CCNC1CC1. The van der Waals surface area contributed by atoms with Crippen LogP contribution in [0.3, 0.4) is 0 Å². The van der Waals surface area contributed by atoms with Gasteiger partial charge in [0, 0.05) is 26.2 Å². The van der Waals surface area contributed by atoms with Crippen molar-refractivity contribution >= 4 is 5.69 Å². The van der Waals surface area contributed by atoms with Crippen LogP contribution in [-0.4, -0.2) is 33.3 Å². The number of aryl methyl sites for hydroxylation is 2. The highest BCUT2D eigenvalue weighted by molar-refractivity contribution is 5.61. The predicted molar refractivity (Wildman–Crippen MR) is 76.8 cm³/mol. The van der Waals surface area contributed by atoms with E-state index in [1.165, 1.54) is 29.7 Å². The van der Waals surface area contributed by atoms with E-state index >= 15 is 0 Å². The maximum absolute atomic E-state index is 5.48. The van der Waals surface area contributed by atoms with Crippen LogP contribution in [-0.2, 0) is 0 Å². The molecule has 1 aliphatic carbocycles. The van der Waals surface area contributed by atoms with Crippen molar-refractivity contribution in [1.29, 1.82) is 0 Å². The number of ether oxygens (including phenoxy) is 1. The summed E-state index contributed by atoms with van der Waals surface area (Å²) in [4.78, 5) is 2.26. The Morgan fingerprint density at radius 3 is 2.56 bits per heavy atom. The van der Waals surface area contributed by atoms with Gasteiger partial charge in [0.15, 0.2) is 0 Å². The molecule has 1 aliphatic rings. The number of hydrogen-bond donors (Lipinski definition) is 1. The molecule has 1 N–H and O–H groups in total. The molecule has 0 atom stereocenters. The second-order valence-corrected chi connectivity index (χ2v) is 5.26. The zero-order valence-corrected chi connectivity index (χ0v) is 11.9. The highest BCUT2D eigenvalue weighted by atomic mass is 16.5. The molecule has 3 nitrogen and oxygen atoms in total. The topological polar surface area (TPSA) is 24.5 Å². The van der Waals surface area contributed by atoms with Crippen molar-refractivity contribution in [2.75, 3.05) is 32.1 Å². The van der Waals surface area contributed by atoms with Crippen molar-refractivity contribution in [3.8, 4) is 5.75 Å². The van der Waals surface area contributed by atoms with E-state index in [4.69, 9.17) is 4.74 Å². The average Bonchev–Trinajstić information content (AvgIpc) is 3.16. The van der Waals surface area contributed by atoms with Crippen molar-refractivity contribution < 1.29 is 4.74 Å². The van der Waals surface area contributed by atoms with Crippen LogP contribution in [0.25, 0.3) is 0 Å². The summed E-state index contributed by atoms with van der Waals surface area (Å²) in [6, 6.07) is 5.11. The van der Waals surface area contributed by atoms with Crippen LogP contribution in [0, 0.1) is 13.8 Å². The van der Waals surface area contributed by atoms with Crippen LogP contribution in [0.2, 0.25) is 0 Å². The number of anilines is 1.